The van der Waals surface area contributed by atoms with Crippen molar-refractivity contribution in [1.82, 2.24) is 15.5 Å². The number of halogens is 1. The van der Waals surface area contributed by atoms with E-state index < -0.39 is 9.84 Å². The van der Waals surface area contributed by atoms with Crippen LogP contribution in [0.1, 0.15) is 36.0 Å². The Morgan fingerprint density at radius 2 is 1.81 bits per heavy atom. The standard InChI is InChI=1S/C22H32N4O3S.HI/c1-17-6-11-21(29-17)20(26-14-4-5-15-26)16-25-22(23-2)24-13-12-18-7-9-19(10-8-18)30(3,27)28;/h6-11,20H,4-5,12-16H2,1-3H3,(H2,23,24,25);1H. The van der Waals surface area contributed by atoms with Crippen molar-refractivity contribution in [3.8, 4) is 0 Å². The predicted molar refractivity (Wildman–Crippen MR) is 135 cm³/mol. The third kappa shape index (κ3) is 7.50. The number of aryl methyl sites for hydroxylation is 1. The highest BCUT2D eigenvalue weighted by atomic mass is 127. The molecule has 7 nitrogen and oxygen atoms in total. The number of aliphatic imine (C=N–C) groups is 1. The van der Waals surface area contributed by atoms with Gasteiger partial charge < -0.3 is 15.1 Å². The molecule has 2 heterocycles. The lowest BCUT2D eigenvalue weighted by Gasteiger charge is -2.26. The summed E-state index contributed by atoms with van der Waals surface area (Å²) in [6.45, 7) is 5.56. The number of rotatable bonds is 8. The third-order valence-corrected chi connectivity index (χ3v) is 6.54. The fourth-order valence-electron chi connectivity index (χ4n) is 3.74. The molecule has 3 rings (SSSR count). The molecule has 0 saturated carbocycles. The van der Waals surface area contributed by atoms with Crippen LogP contribution in [-0.2, 0) is 16.3 Å². The molecule has 2 N–H and O–H groups in total. The first kappa shape index (κ1) is 25.7. The molecule has 172 valence electrons. The van der Waals surface area contributed by atoms with Crippen LogP contribution in [0.5, 0.6) is 0 Å². The molecule has 1 atom stereocenters. The molecule has 2 aromatic rings. The van der Waals surface area contributed by atoms with Crippen molar-refractivity contribution in [2.24, 2.45) is 4.99 Å². The fourth-order valence-corrected chi connectivity index (χ4v) is 4.37. The van der Waals surface area contributed by atoms with E-state index in [0.717, 1.165) is 49.1 Å². The summed E-state index contributed by atoms with van der Waals surface area (Å²) in [5.41, 5.74) is 1.08. The summed E-state index contributed by atoms with van der Waals surface area (Å²) in [6.07, 6.45) is 4.44. The molecule has 1 saturated heterocycles. The minimum Gasteiger partial charge on any atom is -0.465 e. The monoisotopic (exact) mass is 560 g/mol. The van der Waals surface area contributed by atoms with Crippen molar-refractivity contribution >= 4 is 39.8 Å². The number of likely N-dealkylation sites (tertiary alicyclic amines) is 1. The highest BCUT2D eigenvalue weighted by Crippen LogP contribution is 2.26. The van der Waals surface area contributed by atoms with Crippen LogP contribution in [0.25, 0.3) is 0 Å². The first-order chi connectivity index (χ1) is 14.4. The lowest BCUT2D eigenvalue weighted by molar-refractivity contribution is 0.213. The smallest absolute Gasteiger partial charge is 0.191 e. The van der Waals surface area contributed by atoms with E-state index in [1.54, 1.807) is 19.2 Å². The zero-order chi connectivity index (χ0) is 21.6. The molecule has 0 aliphatic carbocycles. The summed E-state index contributed by atoms with van der Waals surface area (Å²) in [7, 11) is -1.40. The SMILES string of the molecule is CN=C(NCCc1ccc(S(C)(=O)=O)cc1)NCC(c1ccc(C)o1)N1CCCC1.I. The van der Waals surface area contributed by atoms with E-state index in [-0.39, 0.29) is 30.0 Å². The van der Waals surface area contributed by atoms with Crippen molar-refractivity contribution in [2.45, 2.75) is 37.1 Å². The normalized spacial score (nSPS) is 16.0. The molecule has 1 aromatic heterocycles. The van der Waals surface area contributed by atoms with Gasteiger partial charge in [-0.15, -0.1) is 24.0 Å². The summed E-state index contributed by atoms with van der Waals surface area (Å²) >= 11 is 0. The molecule has 1 aliphatic heterocycles. The van der Waals surface area contributed by atoms with Crippen LogP contribution in [0.15, 0.2) is 50.7 Å². The molecule has 0 spiro atoms. The Kier molecular flexibility index (Phi) is 9.83. The average molecular weight is 561 g/mol. The van der Waals surface area contributed by atoms with Crippen LogP contribution < -0.4 is 10.6 Å². The summed E-state index contributed by atoms with van der Waals surface area (Å²) in [4.78, 5) is 7.13. The quantitative estimate of drug-likeness (QED) is 0.293. The molecule has 9 heteroatoms. The zero-order valence-electron chi connectivity index (χ0n) is 18.4. The molecule has 1 unspecified atom stereocenters. The first-order valence-electron chi connectivity index (χ1n) is 10.4. The van der Waals surface area contributed by atoms with E-state index in [4.69, 9.17) is 4.42 Å². The lowest BCUT2D eigenvalue weighted by atomic mass is 10.1. The molecule has 1 fully saturated rings. The highest BCUT2D eigenvalue weighted by molar-refractivity contribution is 14.0. The average Bonchev–Trinajstić information content (AvgIpc) is 3.39. The lowest BCUT2D eigenvalue weighted by Crippen LogP contribution is -2.43. The first-order valence-corrected chi connectivity index (χ1v) is 12.3. The number of benzene rings is 1. The van der Waals surface area contributed by atoms with Gasteiger partial charge in [-0.05, 0) is 69.1 Å². The summed E-state index contributed by atoms with van der Waals surface area (Å²) in [5.74, 6) is 2.66. The van der Waals surface area contributed by atoms with E-state index in [2.05, 4.69) is 26.6 Å². The van der Waals surface area contributed by atoms with Gasteiger partial charge in [-0.2, -0.15) is 0 Å². The molecule has 0 radical (unpaired) electrons. The van der Waals surface area contributed by atoms with Crippen LogP contribution in [0.2, 0.25) is 0 Å². The van der Waals surface area contributed by atoms with Gasteiger partial charge in [0.1, 0.15) is 11.5 Å². The van der Waals surface area contributed by atoms with Gasteiger partial charge in [0.2, 0.25) is 0 Å². The maximum absolute atomic E-state index is 11.6. The van der Waals surface area contributed by atoms with Crippen molar-refractivity contribution in [1.29, 1.82) is 0 Å². The highest BCUT2D eigenvalue weighted by Gasteiger charge is 2.26. The van der Waals surface area contributed by atoms with E-state index in [1.165, 1.54) is 19.1 Å². The van der Waals surface area contributed by atoms with Crippen LogP contribution >= 0.6 is 24.0 Å². The summed E-state index contributed by atoms with van der Waals surface area (Å²) in [5, 5.41) is 6.76. The minimum atomic E-state index is -3.16. The molecule has 1 aromatic carbocycles. The Morgan fingerprint density at radius 3 is 2.35 bits per heavy atom. The maximum Gasteiger partial charge on any atom is 0.191 e. The van der Waals surface area contributed by atoms with Crippen LogP contribution in [0.3, 0.4) is 0 Å². The molecular weight excluding hydrogens is 527 g/mol. The second-order valence-corrected chi connectivity index (χ2v) is 9.77. The van der Waals surface area contributed by atoms with E-state index in [1.807, 2.05) is 25.1 Å². The number of furan rings is 1. The Hall–Kier alpha value is -1.59. The zero-order valence-corrected chi connectivity index (χ0v) is 21.6. The summed E-state index contributed by atoms with van der Waals surface area (Å²) in [6, 6.07) is 11.3. The minimum absolute atomic E-state index is 0. The fraction of sp³-hybridized carbons (Fsp3) is 0.500. The van der Waals surface area contributed by atoms with Gasteiger partial charge >= 0.3 is 0 Å². The van der Waals surface area contributed by atoms with Crippen molar-refractivity contribution in [3.63, 3.8) is 0 Å². The molecule has 0 amide bonds. The van der Waals surface area contributed by atoms with Gasteiger partial charge in [-0.1, -0.05) is 12.1 Å². The van der Waals surface area contributed by atoms with Gasteiger partial charge in [0.15, 0.2) is 15.8 Å². The second-order valence-electron chi connectivity index (χ2n) is 7.75. The van der Waals surface area contributed by atoms with Crippen molar-refractivity contribution < 1.29 is 12.8 Å². The van der Waals surface area contributed by atoms with E-state index >= 15 is 0 Å². The van der Waals surface area contributed by atoms with Crippen LogP contribution in [-0.4, -0.2) is 58.8 Å². The number of sulfone groups is 1. The summed E-state index contributed by atoms with van der Waals surface area (Å²) < 4.78 is 29.0. The number of nitrogens with one attached hydrogen (secondary N) is 2. The molecule has 0 bridgehead atoms. The Labute approximate surface area is 202 Å². The van der Waals surface area contributed by atoms with Gasteiger partial charge in [-0.3, -0.25) is 9.89 Å². The largest absolute Gasteiger partial charge is 0.465 e. The Bertz CT molecular complexity index is 951. The Morgan fingerprint density at radius 1 is 1.13 bits per heavy atom. The molecule has 1 aliphatic rings. The van der Waals surface area contributed by atoms with Gasteiger partial charge in [-0.25, -0.2) is 8.42 Å². The van der Waals surface area contributed by atoms with E-state index in [9.17, 15) is 8.42 Å². The van der Waals surface area contributed by atoms with Gasteiger partial charge in [0, 0.05) is 26.4 Å². The second kappa shape index (κ2) is 11.9. The molecule has 31 heavy (non-hydrogen) atoms. The maximum atomic E-state index is 11.6. The third-order valence-electron chi connectivity index (χ3n) is 5.42. The topological polar surface area (TPSA) is 86.9 Å². The van der Waals surface area contributed by atoms with Gasteiger partial charge in [0.25, 0.3) is 0 Å². The number of guanidine groups is 1. The Balaban J connectivity index is 0.00000341. The number of hydrogen-bond acceptors (Lipinski definition) is 5. The molecular formula is C22H33IN4O3S. The predicted octanol–water partition coefficient (Wildman–Crippen LogP) is 3.15. The van der Waals surface area contributed by atoms with Crippen LogP contribution in [0.4, 0.5) is 0 Å². The number of hydrogen-bond donors (Lipinski definition) is 2. The van der Waals surface area contributed by atoms with Gasteiger partial charge in [0.05, 0.1) is 10.9 Å². The van der Waals surface area contributed by atoms with Crippen molar-refractivity contribution in [3.05, 3.63) is 53.5 Å². The number of nitrogens with zero attached hydrogens (tertiary/aromatic N) is 2. The van der Waals surface area contributed by atoms with Crippen LogP contribution in [0, 0.1) is 6.92 Å². The van der Waals surface area contributed by atoms with Crippen molar-refractivity contribution in [2.75, 3.05) is 39.5 Å². The van der Waals surface area contributed by atoms with E-state index in [0.29, 0.717) is 11.4 Å².